The molecule has 28 heavy (non-hydrogen) atoms. The molecule has 152 valence electrons. The maximum atomic E-state index is 12.3. The average Bonchev–Trinajstić information content (AvgIpc) is 2.69. The summed E-state index contributed by atoms with van der Waals surface area (Å²) in [6, 6.07) is 14.0. The van der Waals surface area contributed by atoms with Crippen molar-refractivity contribution in [3.63, 3.8) is 0 Å². The molecule has 7 nitrogen and oxygen atoms in total. The number of rotatable bonds is 11. The molecule has 0 aliphatic heterocycles. The van der Waals surface area contributed by atoms with Crippen molar-refractivity contribution in [3.8, 4) is 0 Å². The quantitative estimate of drug-likeness (QED) is 0.437. The van der Waals surface area contributed by atoms with Crippen LogP contribution in [0.4, 0.5) is 17.1 Å². The molecular formula is C20H28N4O3S. The first-order chi connectivity index (χ1) is 13.4. The van der Waals surface area contributed by atoms with Crippen LogP contribution in [0.3, 0.4) is 0 Å². The third kappa shape index (κ3) is 7.03. The molecule has 0 heterocycles. The molecule has 0 amide bonds. The number of nitrogens with zero attached hydrogens (tertiary/aromatic N) is 3. The Kier molecular flexibility index (Phi) is 8.56. The first-order valence-corrected chi connectivity index (χ1v) is 10.8. The van der Waals surface area contributed by atoms with Crippen molar-refractivity contribution in [2.24, 2.45) is 10.2 Å². The van der Waals surface area contributed by atoms with Crippen molar-refractivity contribution >= 4 is 27.1 Å². The van der Waals surface area contributed by atoms with Gasteiger partial charge in [-0.2, -0.15) is 10.2 Å². The molecule has 0 fully saturated rings. The lowest BCUT2D eigenvalue weighted by molar-refractivity contribution is 0.282. The Hall–Kier alpha value is -2.29. The van der Waals surface area contributed by atoms with Gasteiger partial charge in [0.1, 0.15) is 0 Å². The smallest absolute Gasteiger partial charge is 0.240 e. The summed E-state index contributed by atoms with van der Waals surface area (Å²) in [5.41, 5.74) is 2.39. The van der Waals surface area contributed by atoms with Crippen molar-refractivity contribution in [1.82, 2.24) is 4.72 Å². The van der Waals surface area contributed by atoms with Crippen LogP contribution in [0.1, 0.15) is 25.7 Å². The molecule has 8 heteroatoms. The van der Waals surface area contributed by atoms with Crippen LogP contribution in [-0.2, 0) is 10.0 Å². The number of azo groups is 1. The van der Waals surface area contributed by atoms with Crippen molar-refractivity contribution < 1.29 is 13.5 Å². The predicted octanol–water partition coefficient (Wildman–Crippen LogP) is 4.00. The van der Waals surface area contributed by atoms with Gasteiger partial charge >= 0.3 is 0 Å². The maximum absolute atomic E-state index is 12.3. The summed E-state index contributed by atoms with van der Waals surface area (Å²) in [4.78, 5) is 2.21. The molecule has 0 aliphatic carbocycles. The molecule has 0 saturated heterocycles. The monoisotopic (exact) mass is 404 g/mol. The summed E-state index contributed by atoms with van der Waals surface area (Å²) in [6.45, 7) is 0.564. The van der Waals surface area contributed by atoms with E-state index in [0.29, 0.717) is 12.2 Å². The van der Waals surface area contributed by atoms with Crippen molar-refractivity contribution in [3.05, 3.63) is 48.5 Å². The Labute approximate surface area is 167 Å². The van der Waals surface area contributed by atoms with Crippen LogP contribution in [0, 0.1) is 0 Å². The Balaban J connectivity index is 1.91. The Morgan fingerprint density at radius 2 is 1.39 bits per heavy atom. The number of sulfonamides is 1. The number of benzene rings is 2. The van der Waals surface area contributed by atoms with Crippen LogP contribution < -0.4 is 9.62 Å². The summed E-state index contributed by atoms with van der Waals surface area (Å²) in [5, 5.41) is 17.1. The van der Waals surface area contributed by atoms with E-state index >= 15 is 0 Å². The molecule has 0 radical (unpaired) electrons. The molecule has 0 atom stereocenters. The van der Waals surface area contributed by atoms with Gasteiger partial charge in [0.25, 0.3) is 0 Å². The number of nitrogens with one attached hydrogen (secondary N) is 1. The number of aliphatic hydroxyl groups excluding tert-OH is 1. The van der Waals surface area contributed by atoms with Crippen molar-refractivity contribution in [2.75, 3.05) is 32.1 Å². The molecule has 0 unspecified atom stereocenters. The van der Waals surface area contributed by atoms with Crippen molar-refractivity contribution in [2.45, 2.75) is 30.6 Å². The van der Waals surface area contributed by atoms with Gasteiger partial charge in [0, 0.05) is 32.9 Å². The minimum Gasteiger partial charge on any atom is -0.396 e. The number of hydrogen-bond acceptors (Lipinski definition) is 6. The van der Waals surface area contributed by atoms with E-state index in [0.717, 1.165) is 37.1 Å². The average molecular weight is 405 g/mol. The summed E-state index contributed by atoms with van der Waals surface area (Å²) < 4.78 is 27.2. The minimum atomic E-state index is -3.53. The van der Waals surface area contributed by atoms with Gasteiger partial charge in [0.05, 0.1) is 16.3 Å². The normalized spacial score (nSPS) is 11.8. The van der Waals surface area contributed by atoms with E-state index in [2.05, 4.69) is 15.0 Å². The first-order valence-electron chi connectivity index (χ1n) is 9.32. The van der Waals surface area contributed by atoms with Gasteiger partial charge in [-0.3, -0.25) is 0 Å². The van der Waals surface area contributed by atoms with Crippen LogP contribution in [0.2, 0.25) is 0 Å². The number of unbranched alkanes of at least 4 members (excludes halogenated alkanes) is 3. The molecule has 0 spiro atoms. The summed E-state index contributed by atoms with van der Waals surface area (Å²) in [7, 11) is 0.415. The molecular weight excluding hydrogens is 376 g/mol. The SMILES string of the molecule is CN(C)c1ccc(/N=N/c2ccc(S(=O)(=O)NCCCCCCO)cc2)cc1. The van der Waals surface area contributed by atoms with E-state index < -0.39 is 10.0 Å². The molecule has 0 aromatic heterocycles. The molecule has 2 aromatic carbocycles. The molecule has 2 aromatic rings. The molecule has 0 bridgehead atoms. The van der Waals surface area contributed by atoms with E-state index in [1.807, 2.05) is 43.3 Å². The fourth-order valence-electron chi connectivity index (χ4n) is 2.51. The van der Waals surface area contributed by atoms with Gasteiger partial charge in [0.2, 0.25) is 10.0 Å². The second kappa shape index (κ2) is 10.9. The summed E-state index contributed by atoms with van der Waals surface area (Å²) >= 11 is 0. The second-order valence-electron chi connectivity index (χ2n) is 6.64. The van der Waals surface area contributed by atoms with Crippen LogP contribution >= 0.6 is 0 Å². The van der Waals surface area contributed by atoms with E-state index in [9.17, 15) is 8.42 Å². The zero-order chi connectivity index (χ0) is 20.4. The Morgan fingerprint density at radius 3 is 1.93 bits per heavy atom. The third-order valence-electron chi connectivity index (χ3n) is 4.17. The number of anilines is 1. The van der Waals surface area contributed by atoms with Crippen molar-refractivity contribution in [1.29, 1.82) is 0 Å². The summed E-state index contributed by atoms with van der Waals surface area (Å²) in [6.07, 6.45) is 3.29. The van der Waals surface area contributed by atoms with E-state index in [4.69, 9.17) is 5.11 Å². The fourth-order valence-corrected chi connectivity index (χ4v) is 3.58. The van der Waals surface area contributed by atoms with E-state index in [1.165, 1.54) is 12.1 Å². The van der Waals surface area contributed by atoms with Gasteiger partial charge in [0.15, 0.2) is 0 Å². The Bertz CT molecular complexity index is 848. The lowest BCUT2D eigenvalue weighted by Crippen LogP contribution is -2.24. The zero-order valence-corrected chi connectivity index (χ0v) is 17.2. The van der Waals surface area contributed by atoms with E-state index in [1.54, 1.807) is 12.1 Å². The van der Waals surface area contributed by atoms with Gasteiger partial charge < -0.3 is 10.0 Å². The largest absolute Gasteiger partial charge is 0.396 e. The van der Waals surface area contributed by atoms with Crippen LogP contribution in [0.5, 0.6) is 0 Å². The molecule has 2 N–H and O–H groups in total. The second-order valence-corrected chi connectivity index (χ2v) is 8.41. The number of hydrogen-bond donors (Lipinski definition) is 2. The maximum Gasteiger partial charge on any atom is 0.240 e. The number of aliphatic hydroxyl groups is 1. The topological polar surface area (TPSA) is 94.4 Å². The van der Waals surface area contributed by atoms with E-state index in [-0.39, 0.29) is 11.5 Å². The van der Waals surface area contributed by atoms with Gasteiger partial charge in [-0.15, -0.1) is 0 Å². The highest BCUT2D eigenvalue weighted by Gasteiger charge is 2.12. The highest BCUT2D eigenvalue weighted by Crippen LogP contribution is 2.22. The van der Waals surface area contributed by atoms with Crippen LogP contribution in [-0.4, -0.2) is 40.8 Å². The molecule has 2 rings (SSSR count). The standard InChI is InChI=1S/C20H28N4O3S/c1-24(2)19-11-7-17(8-12-19)22-23-18-9-13-20(14-10-18)28(26,27)21-15-5-3-4-6-16-25/h7-14,21,25H,3-6,15-16H2,1-2H3/b23-22+. The van der Waals surface area contributed by atoms with Crippen LogP contribution in [0.25, 0.3) is 0 Å². The zero-order valence-electron chi connectivity index (χ0n) is 16.4. The molecule has 0 saturated carbocycles. The van der Waals surface area contributed by atoms with Gasteiger partial charge in [-0.05, 0) is 61.4 Å². The molecule has 0 aliphatic rings. The summed E-state index contributed by atoms with van der Waals surface area (Å²) in [5.74, 6) is 0. The van der Waals surface area contributed by atoms with Crippen LogP contribution in [0.15, 0.2) is 63.7 Å². The Morgan fingerprint density at radius 1 is 0.857 bits per heavy atom. The third-order valence-corrected chi connectivity index (χ3v) is 5.65. The minimum absolute atomic E-state index is 0.177. The lowest BCUT2D eigenvalue weighted by atomic mass is 10.2. The highest BCUT2D eigenvalue weighted by molar-refractivity contribution is 7.89. The predicted molar refractivity (Wildman–Crippen MR) is 112 cm³/mol. The van der Waals surface area contributed by atoms with Gasteiger partial charge in [-0.25, -0.2) is 13.1 Å². The lowest BCUT2D eigenvalue weighted by Gasteiger charge is -2.11. The highest BCUT2D eigenvalue weighted by atomic mass is 32.2. The first kappa shape index (κ1) is 22.0. The van der Waals surface area contributed by atoms with Gasteiger partial charge in [-0.1, -0.05) is 12.8 Å². The fraction of sp³-hybridized carbons (Fsp3) is 0.400.